The standard InChI is InChI=1S/C22H26N6O/c1-3-19(18-7-5-4-6-8-18)22(29)27-13-11-26(12-14-27)20-15-21(25-17(2)24-20)28-10-9-23-16-28/h4-10,15-16,19H,3,11-14H2,1-2H3. The molecule has 1 aromatic carbocycles. The lowest BCUT2D eigenvalue weighted by Crippen LogP contribution is -2.50. The van der Waals surface area contributed by atoms with Crippen molar-refractivity contribution in [1.29, 1.82) is 0 Å². The maximum Gasteiger partial charge on any atom is 0.230 e. The number of rotatable bonds is 5. The minimum Gasteiger partial charge on any atom is -0.353 e. The number of nitrogens with zero attached hydrogens (tertiary/aromatic N) is 6. The van der Waals surface area contributed by atoms with E-state index in [0.29, 0.717) is 13.1 Å². The summed E-state index contributed by atoms with van der Waals surface area (Å²) in [6.45, 7) is 6.90. The lowest BCUT2D eigenvalue weighted by atomic mass is 9.95. The average Bonchev–Trinajstić information content (AvgIpc) is 3.30. The number of anilines is 1. The second-order valence-corrected chi connectivity index (χ2v) is 7.29. The molecule has 1 unspecified atom stereocenters. The number of aryl methyl sites for hydroxylation is 1. The Labute approximate surface area is 171 Å². The molecule has 1 aliphatic rings. The Kier molecular flexibility index (Phi) is 5.55. The molecule has 3 aromatic rings. The van der Waals surface area contributed by atoms with Crippen molar-refractivity contribution in [3.05, 3.63) is 66.5 Å². The van der Waals surface area contributed by atoms with E-state index >= 15 is 0 Å². The maximum atomic E-state index is 13.1. The predicted molar refractivity (Wildman–Crippen MR) is 112 cm³/mol. The first kappa shape index (κ1) is 19.1. The minimum atomic E-state index is -0.0723. The van der Waals surface area contributed by atoms with Crippen LogP contribution in [-0.4, -0.2) is 56.5 Å². The summed E-state index contributed by atoms with van der Waals surface area (Å²) < 4.78 is 1.88. The summed E-state index contributed by atoms with van der Waals surface area (Å²) in [6, 6.07) is 12.1. The molecule has 0 radical (unpaired) electrons. The monoisotopic (exact) mass is 390 g/mol. The molecule has 1 aliphatic heterocycles. The molecular formula is C22H26N6O. The van der Waals surface area contributed by atoms with Gasteiger partial charge in [-0.25, -0.2) is 15.0 Å². The first-order chi connectivity index (χ1) is 14.2. The summed E-state index contributed by atoms with van der Waals surface area (Å²) in [4.78, 5) is 30.5. The van der Waals surface area contributed by atoms with Crippen molar-refractivity contribution in [1.82, 2.24) is 24.4 Å². The number of carbonyl (C=O) groups excluding carboxylic acids is 1. The number of piperazine rings is 1. The first-order valence-corrected chi connectivity index (χ1v) is 10.1. The van der Waals surface area contributed by atoms with Gasteiger partial charge in [-0.3, -0.25) is 9.36 Å². The van der Waals surface area contributed by atoms with Gasteiger partial charge in [0.1, 0.15) is 23.8 Å². The van der Waals surface area contributed by atoms with E-state index in [2.05, 4.69) is 26.8 Å². The lowest BCUT2D eigenvalue weighted by Gasteiger charge is -2.37. The van der Waals surface area contributed by atoms with Crippen molar-refractivity contribution in [2.45, 2.75) is 26.2 Å². The van der Waals surface area contributed by atoms with Gasteiger partial charge in [0.05, 0.1) is 5.92 Å². The fourth-order valence-corrected chi connectivity index (χ4v) is 3.84. The van der Waals surface area contributed by atoms with Gasteiger partial charge >= 0.3 is 0 Å². The Morgan fingerprint density at radius 1 is 1.07 bits per heavy atom. The van der Waals surface area contributed by atoms with Crippen LogP contribution in [0.5, 0.6) is 0 Å². The highest BCUT2D eigenvalue weighted by Crippen LogP contribution is 2.24. The van der Waals surface area contributed by atoms with E-state index in [0.717, 1.165) is 42.5 Å². The Bertz CT molecular complexity index is 949. The third-order valence-corrected chi connectivity index (χ3v) is 5.40. The largest absolute Gasteiger partial charge is 0.353 e. The number of imidazole rings is 1. The lowest BCUT2D eigenvalue weighted by molar-refractivity contribution is -0.133. The van der Waals surface area contributed by atoms with E-state index in [1.54, 1.807) is 12.5 Å². The highest BCUT2D eigenvalue weighted by Gasteiger charge is 2.28. The van der Waals surface area contributed by atoms with E-state index < -0.39 is 0 Å². The van der Waals surface area contributed by atoms with Crippen LogP contribution in [0.3, 0.4) is 0 Å². The van der Waals surface area contributed by atoms with Gasteiger partial charge in [-0.2, -0.15) is 0 Å². The molecule has 0 saturated carbocycles. The van der Waals surface area contributed by atoms with E-state index in [1.165, 1.54) is 0 Å². The number of hydrogen-bond donors (Lipinski definition) is 0. The zero-order valence-corrected chi connectivity index (χ0v) is 16.9. The normalized spacial score (nSPS) is 15.4. The Morgan fingerprint density at radius 3 is 2.45 bits per heavy atom. The molecule has 0 aliphatic carbocycles. The van der Waals surface area contributed by atoms with Crippen LogP contribution in [0.2, 0.25) is 0 Å². The highest BCUT2D eigenvalue weighted by atomic mass is 16.2. The maximum absolute atomic E-state index is 13.1. The molecule has 0 spiro atoms. The zero-order chi connectivity index (χ0) is 20.2. The molecule has 1 fully saturated rings. The van der Waals surface area contributed by atoms with Gasteiger partial charge < -0.3 is 9.80 Å². The van der Waals surface area contributed by atoms with Crippen LogP contribution in [0.4, 0.5) is 5.82 Å². The molecule has 0 N–H and O–H groups in total. The molecule has 3 heterocycles. The van der Waals surface area contributed by atoms with Crippen molar-refractivity contribution < 1.29 is 4.79 Å². The highest BCUT2D eigenvalue weighted by molar-refractivity contribution is 5.84. The van der Waals surface area contributed by atoms with Crippen LogP contribution in [0.15, 0.2) is 55.1 Å². The smallest absolute Gasteiger partial charge is 0.230 e. The third kappa shape index (κ3) is 4.13. The van der Waals surface area contributed by atoms with Gasteiger partial charge in [-0.15, -0.1) is 0 Å². The second-order valence-electron chi connectivity index (χ2n) is 7.29. The molecule has 1 amide bonds. The van der Waals surface area contributed by atoms with Gasteiger partial charge in [0.15, 0.2) is 0 Å². The summed E-state index contributed by atoms with van der Waals surface area (Å²) in [5, 5.41) is 0. The summed E-state index contributed by atoms with van der Waals surface area (Å²) >= 11 is 0. The summed E-state index contributed by atoms with van der Waals surface area (Å²) in [5.74, 6) is 2.56. The SMILES string of the molecule is CCC(C(=O)N1CCN(c2cc(-n3ccnc3)nc(C)n2)CC1)c1ccccc1. The van der Waals surface area contributed by atoms with E-state index in [9.17, 15) is 4.79 Å². The van der Waals surface area contributed by atoms with Gasteiger partial charge in [0.25, 0.3) is 0 Å². The molecule has 150 valence electrons. The number of aromatic nitrogens is 4. The summed E-state index contributed by atoms with van der Waals surface area (Å²) in [5.41, 5.74) is 1.10. The van der Waals surface area contributed by atoms with Crippen molar-refractivity contribution in [3.8, 4) is 5.82 Å². The van der Waals surface area contributed by atoms with Crippen LogP contribution in [0, 0.1) is 6.92 Å². The van der Waals surface area contributed by atoms with Crippen molar-refractivity contribution in [3.63, 3.8) is 0 Å². The average molecular weight is 390 g/mol. The molecule has 4 rings (SSSR count). The molecule has 7 heteroatoms. The van der Waals surface area contributed by atoms with E-state index in [4.69, 9.17) is 0 Å². The second kappa shape index (κ2) is 8.43. The Morgan fingerprint density at radius 2 is 1.79 bits per heavy atom. The molecule has 7 nitrogen and oxygen atoms in total. The molecule has 0 bridgehead atoms. The zero-order valence-electron chi connectivity index (χ0n) is 16.9. The summed E-state index contributed by atoms with van der Waals surface area (Å²) in [7, 11) is 0. The number of hydrogen-bond acceptors (Lipinski definition) is 5. The molecule has 2 aromatic heterocycles. The van der Waals surface area contributed by atoms with Gasteiger partial charge in [-0.05, 0) is 18.9 Å². The van der Waals surface area contributed by atoms with Crippen LogP contribution >= 0.6 is 0 Å². The fraction of sp³-hybridized carbons (Fsp3) is 0.364. The van der Waals surface area contributed by atoms with Crippen LogP contribution in [-0.2, 0) is 4.79 Å². The molecule has 29 heavy (non-hydrogen) atoms. The van der Waals surface area contributed by atoms with Crippen molar-refractivity contribution in [2.75, 3.05) is 31.1 Å². The van der Waals surface area contributed by atoms with Crippen LogP contribution in [0.25, 0.3) is 5.82 Å². The Hall–Kier alpha value is -3.22. The molecule has 1 saturated heterocycles. The van der Waals surface area contributed by atoms with Crippen LogP contribution < -0.4 is 4.90 Å². The van der Waals surface area contributed by atoms with Crippen LogP contribution in [0.1, 0.15) is 30.7 Å². The summed E-state index contributed by atoms with van der Waals surface area (Å²) in [6.07, 6.45) is 6.15. The number of carbonyl (C=O) groups is 1. The first-order valence-electron chi connectivity index (χ1n) is 10.1. The minimum absolute atomic E-state index is 0.0723. The molecule has 1 atom stereocenters. The van der Waals surface area contributed by atoms with Gasteiger partial charge in [0, 0.05) is 44.6 Å². The quantitative estimate of drug-likeness (QED) is 0.670. The number of amides is 1. The predicted octanol–water partition coefficient (Wildman–Crippen LogP) is 2.81. The Balaban J connectivity index is 1.45. The fourth-order valence-electron chi connectivity index (χ4n) is 3.84. The van der Waals surface area contributed by atoms with Gasteiger partial charge in [0.2, 0.25) is 5.91 Å². The topological polar surface area (TPSA) is 67.2 Å². The van der Waals surface area contributed by atoms with E-state index in [-0.39, 0.29) is 11.8 Å². The number of benzene rings is 1. The van der Waals surface area contributed by atoms with Crippen molar-refractivity contribution >= 4 is 11.7 Å². The molecular weight excluding hydrogens is 364 g/mol. The third-order valence-electron chi connectivity index (χ3n) is 5.40. The van der Waals surface area contributed by atoms with E-state index in [1.807, 2.05) is 59.0 Å². The van der Waals surface area contributed by atoms with Gasteiger partial charge in [-0.1, -0.05) is 37.3 Å². The van der Waals surface area contributed by atoms with Crippen molar-refractivity contribution in [2.24, 2.45) is 0 Å².